The zero-order valence-corrected chi connectivity index (χ0v) is 11.6. The lowest BCUT2D eigenvalue weighted by Crippen LogP contribution is -2.14. The lowest BCUT2D eigenvalue weighted by Gasteiger charge is -2.10. The second-order valence-corrected chi connectivity index (χ2v) is 5.91. The number of pyridine rings is 1. The fraction of sp³-hybridized carbons (Fsp3) is 0.222. The fourth-order valence-corrected chi connectivity index (χ4v) is 3.81. The molecule has 2 aromatic heterocycles. The molecule has 3 nitrogen and oxygen atoms in total. The van der Waals surface area contributed by atoms with Gasteiger partial charge in [-0.05, 0) is 37.1 Å². The number of hydrogen-bond donors (Lipinski definition) is 0. The maximum absolute atomic E-state index is 12.8. The van der Waals surface area contributed by atoms with E-state index >= 15 is 0 Å². The van der Waals surface area contributed by atoms with Gasteiger partial charge in [0.25, 0.3) is 5.56 Å². The summed E-state index contributed by atoms with van der Waals surface area (Å²) in [5.74, 6) is 0. The average molecular weight is 274 g/mol. The van der Waals surface area contributed by atoms with E-state index in [1.54, 1.807) is 4.52 Å². The SMILES string of the molecule is O=c1c2cccc3cccc(c32)c2c3c(nn12)CCCC3. The number of benzene rings is 2. The second kappa shape index (κ2) is 3.82. The predicted octanol–water partition coefficient (Wildman–Crippen LogP) is 3.32. The van der Waals surface area contributed by atoms with Crippen LogP contribution in [0.3, 0.4) is 0 Å². The molecule has 5 rings (SSSR count). The molecule has 0 amide bonds. The van der Waals surface area contributed by atoms with Gasteiger partial charge in [-0.1, -0.05) is 30.3 Å². The summed E-state index contributed by atoms with van der Waals surface area (Å²) in [6, 6.07) is 12.2. The summed E-state index contributed by atoms with van der Waals surface area (Å²) in [5.41, 5.74) is 3.47. The first-order chi connectivity index (χ1) is 10.3. The normalized spacial score (nSPS) is 15.0. The van der Waals surface area contributed by atoms with Crippen molar-refractivity contribution >= 4 is 27.1 Å². The Balaban J connectivity index is 2.15. The van der Waals surface area contributed by atoms with Crippen molar-refractivity contribution in [3.8, 4) is 0 Å². The van der Waals surface area contributed by atoms with Gasteiger partial charge in [0.15, 0.2) is 0 Å². The smallest absolute Gasteiger partial charge is 0.267 e. The minimum absolute atomic E-state index is 0.0173. The molecule has 2 aromatic carbocycles. The van der Waals surface area contributed by atoms with Crippen molar-refractivity contribution in [2.75, 3.05) is 0 Å². The van der Waals surface area contributed by atoms with Crippen molar-refractivity contribution < 1.29 is 0 Å². The van der Waals surface area contributed by atoms with E-state index in [1.165, 1.54) is 23.8 Å². The van der Waals surface area contributed by atoms with Gasteiger partial charge in [-0.15, -0.1) is 0 Å². The molecule has 102 valence electrons. The molecule has 2 heterocycles. The Morgan fingerprint density at radius 3 is 2.57 bits per heavy atom. The highest BCUT2D eigenvalue weighted by Crippen LogP contribution is 2.32. The Morgan fingerprint density at radius 1 is 0.952 bits per heavy atom. The van der Waals surface area contributed by atoms with E-state index in [2.05, 4.69) is 29.4 Å². The minimum atomic E-state index is 0.0173. The summed E-state index contributed by atoms with van der Waals surface area (Å²) in [6.07, 6.45) is 4.40. The Hall–Kier alpha value is -2.42. The Morgan fingerprint density at radius 2 is 1.71 bits per heavy atom. The topological polar surface area (TPSA) is 34.4 Å². The first-order valence-corrected chi connectivity index (χ1v) is 7.52. The van der Waals surface area contributed by atoms with Crippen molar-refractivity contribution in [2.24, 2.45) is 0 Å². The first kappa shape index (κ1) is 11.3. The second-order valence-electron chi connectivity index (χ2n) is 5.91. The third-order valence-electron chi connectivity index (χ3n) is 4.74. The van der Waals surface area contributed by atoms with Crippen molar-refractivity contribution in [1.29, 1.82) is 0 Å². The van der Waals surface area contributed by atoms with Crippen LogP contribution < -0.4 is 5.56 Å². The first-order valence-electron chi connectivity index (χ1n) is 7.52. The summed E-state index contributed by atoms with van der Waals surface area (Å²) in [6.45, 7) is 0. The molecule has 1 aliphatic rings. The number of rotatable bonds is 0. The molecule has 0 saturated carbocycles. The van der Waals surface area contributed by atoms with Crippen molar-refractivity contribution in [3.63, 3.8) is 0 Å². The van der Waals surface area contributed by atoms with E-state index in [0.717, 1.165) is 40.2 Å². The minimum Gasteiger partial charge on any atom is -0.267 e. The van der Waals surface area contributed by atoms with Gasteiger partial charge in [-0.25, -0.2) is 0 Å². The molecule has 0 N–H and O–H groups in total. The van der Waals surface area contributed by atoms with Gasteiger partial charge in [0.05, 0.1) is 16.6 Å². The van der Waals surface area contributed by atoms with Crippen LogP contribution in [0.4, 0.5) is 0 Å². The van der Waals surface area contributed by atoms with E-state index in [4.69, 9.17) is 0 Å². The molecule has 0 fully saturated rings. The molecule has 0 bridgehead atoms. The summed E-state index contributed by atoms with van der Waals surface area (Å²) in [5, 5.41) is 8.79. The molecule has 0 unspecified atom stereocenters. The van der Waals surface area contributed by atoms with Crippen LogP contribution in [0.1, 0.15) is 24.1 Å². The highest BCUT2D eigenvalue weighted by atomic mass is 16.1. The summed E-state index contributed by atoms with van der Waals surface area (Å²) in [4.78, 5) is 12.8. The van der Waals surface area contributed by atoms with Gasteiger partial charge < -0.3 is 0 Å². The van der Waals surface area contributed by atoms with Crippen molar-refractivity contribution in [1.82, 2.24) is 9.61 Å². The molecule has 21 heavy (non-hydrogen) atoms. The Kier molecular flexibility index (Phi) is 2.05. The molecule has 0 spiro atoms. The van der Waals surface area contributed by atoms with E-state index < -0.39 is 0 Å². The standard InChI is InChI=1S/C18H14N2O/c21-18-14-9-4-6-11-5-3-8-13(16(11)14)17-12-7-1-2-10-15(12)19-20(17)18/h3-6,8-9H,1-2,7,10H2. The molecular formula is C18H14N2O. The number of fused-ring (bicyclic) bond motifs is 4. The van der Waals surface area contributed by atoms with Crippen LogP contribution in [0, 0.1) is 0 Å². The molecule has 0 aliphatic heterocycles. The van der Waals surface area contributed by atoms with Crippen LogP contribution in [0.2, 0.25) is 0 Å². The Bertz CT molecular complexity index is 1060. The number of hydrogen-bond acceptors (Lipinski definition) is 2. The zero-order chi connectivity index (χ0) is 14.0. The van der Waals surface area contributed by atoms with Gasteiger partial charge in [0.1, 0.15) is 0 Å². The van der Waals surface area contributed by atoms with Gasteiger partial charge in [0.2, 0.25) is 0 Å². The lowest BCUT2D eigenvalue weighted by molar-refractivity contribution is 0.672. The lowest BCUT2D eigenvalue weighted by atomic mass is 9.94. The van der Waals surface area contributed by atoms with E-state index in [0.29, 0.717) is 0 Å². The van der Waals surface area contributed by atoms with E-state index in [1.807, 2.05) is 12.1 Å². The summed E-state index contributed by atoms with van der Waals surface area (Å²) < 4.78 is 1.65. The van der Waals surface area contributed by atoms with Gasteiger partial charge in [0, 0.05) is 16.3 Å². The van der Waals surface area contributed by atoms with Crippen molar-refractivity contribution in [2.45, 2.75) is 25.7 Å². The predicted molar refractivity (Wildman–Crippen MR) is 84.3 cm³/mol. The molecule has 4 aromatic rings. The van der Waals surface area contributed by atoms with Crippen LogP contribution in [-0.4, -0.2) is 9.61 Å². The maximum Gasteiger partial charge on any atom is 0.279 e. The fourth-order valence-electron chi connectivity index (χ4n) is 3.81. The van der Waals surface area contributed by atoms with Crippen LogP contribution >= 0.6 is 0 Å². The zero-order valence-electron chi connectivity index (χ0n) is 11.6. The number of nitrogens with zero attached hydrogens (tertiary/aromatic N) is 2. The number of aromatic nitrogens is 2. The third kappa shape index (κ3) is 1.33. The monoisotopic (exact) mass is 274 g/mol. The third-order valence-corrected chi connectivity index (χ3v) is 4.74. The van der Waals surface area contributed by atoms with Crippen LogP contribution in [0.15, 0.2) is 41.2 Å². The Labute approximate surface area is 121 Å². The largest absolute Gasteiger partial charge is 0.279 e. The van der Waals surface area contributed by atoms with E-state index in [-0.39, 0.29) is 5.56 Å². The van der Waals surface area contributed by atoms with Crippen molar-refractivity contribution in [3.05, 3.63) is 58.0 Å². The average Bonchev–Trinajstić information content (AvgIpc) is 2.92. The van der Waals surface area contributed by atoms with Crippen LogP contribution in [0.5, 0.6) is 0 Å². The van der Waals surface area contributed by atoms with Gasteiger partial charge in [-0.2, -0.15) is 9.61 Å². The molecule has 3 heteroatoms. The highest BCUT2D eigenvalue weighted by Gasteiger charge is 2.21. The number of aryl methyl sites for hydroxylation is 2. The maximum atomic E-state index is 12.8. The molecule has 1 aliphatic carbocycles. The molecule has 0 radical (unpaired) electrons. The van der Waals surface area contributed by atoms with Gasteiger partial charge >= 0.3 is 0 Å². The molecular weight excluding hydrogens is 260 g/mol. The summed E-state index contributed by atoms with van der Waals surface area (Å²) in [7, 11) is 0. The van der Waals surface area contributed by atoms with Crippen LogP contribution in [0.25, 0.3) is 27.1 Å². The quantitative estimate of drug-likeness (QED) is 0.493. The summed E-state index contributed by atoms with van der Waals surface area (Å²) >= 11 is 0. The van der Waals surface area contributed by atoms with Crippen LogP contribution in [-0.2, 0) is 12.8 Å². The molecule has 0 atom stereocenters. The van der Waals surface area contributed by atoms with Gasteiger partial charge in [-0.3, -0.25) is 4.79 Å². The highest BCUT2D eigenvalue weighted by molar-refractivity contribution is 6.15. The van der Waals surface area contributed by atoms with E-state index in [9.17, 15) is 4.79 Å². The molecule has 0 saturated heterocycles.